The molecule has 0 unspecified atom stereocenters. The van der Waals surface area contributed by atoms with Gasteiger partial charge >= 0.3 is 5.97 Å². The van der Waals surface area contributed by atoms with Gasteiger partial charge in [-0.05, 0) is 101 Å². The van der Waals surface area contributed by atoms with Crippen LogP contribution in [0.15, 0.2) is 54.6 Å². The van der Waals surface area contributed by atoms with E-state index >= 15 is 4.39 Å². The average molecular weight is 517 g/mol. The van der Waals surface area contributed by atoms with Gasteiger partial charge in [-0.25, -0.2) is 4.39 Å². The molecule has 2 aliphatic rings. The molecule has 0 saturated heterocycles. The molecule has 1 fully saturated rings. The average Bonchev–Trinajstić information content (AvgIpc) is 3.49. The summed E-state index contributed by atoms with van der Waals surface area (Å²) >= 11 is 0. The highest BCUT2D eigenvalue weighted by Gasteiger charge is 2.37. The number of carboxylic acid groups (broad SMARTS) is 1. The van der Waals surface area contributed by atoms with Crippen LogP contribution in [0, 0.1) is 17.2 Å². The van der Waals surface area contributed by atoms with Gasteiger partial charge in [0.1, 0.15) is 23.9 Å². The second-order valence-corrected chi connectivity index (χ2v) is 11.6. The molecule has 4 nitrogen and oxygen atoms in total. The quantitative estimate of drug-likeness (QED) is 0.328. The summed E-state index contributed by atoms with van der Waals surface area (Å²) in [6, 6.07) is 17.2. The molecule has 0 bridgehead atoms. The molecule has 2 aliphatic carbocycles. The third kappa shape index (κ3) is 5.03. The smallest absolute Gasteiger partial charge is 0.306 e. The van der Waals surface area contributed by atoms with E-state index < -0.39 is 11.9 Å². The number of fused-ring (bicyclic) bond motifs is 1. The first-order chi connectivity index (χ1) is 18.2. The second-order valence-electron chi connectivity index (χ2n) is 11.6. The van der Waals surface area contributed by atoms with E-state index in [2.05, 4.69) is 26.0 Å². The van der Waals surface area contributed by atoms with E-state index in [0.29, 0.717) is 23.8 Å². The van der Waals surface area contributed by atoms with Gasteiger partial charge < -0.3 is 14.6 Å². The van der Waals surface area contributed by atoms with Crippen molar-refractivity contribution in [3.05, 3.63) is 82.7 Å². The normalized spacial score (nSPS) is 20.7. The van der Waals surface area contributed by atoms with E-state index in [4.69, 9.17) is 9.47 Å². The van der Waals surface area contributed by atoms with Crippen molar-refractivity contribution in [2.45, 2.75) is 71.3 Å². The Labute approximate surface area is 224 Å². The van der Waals surface area contributed by atoms with Crippen molar-refractivity contribution in [3.63, 3.8) is 0 Å². The van der Waals surface area contributed by atoms with Crippen molar-refractivity contribution in [1.29, 1.82) is 0 Å². The maximum absolute atomic E-state index is 15.1. The van der Waals surface area contributed by atoms with Crippen LogP contribution in [0.25, 0.3) is 11.1 Å². The van der Waals surface area contributed by atoms with Crippen LogP contribution in [0.2, 0.25) is 0 Å². The lowest BCUT2D eigenvalue weighted by Crippen LogP contribution is -2.17. The summed E-state index contributed by atoms with van der Waals surface area (Å²) in [6.07, 6.45) is 5.13. The monoisotopic (exact) mass is 516 g/mol. The number of methoxy groups -OCH3 is 1. The van der Waals surface area contributed by atoms with Crippen LogP contribution in [0.4, 0.5) is 4.39 Å². The fourth-order valence-corrected chi connectivity index (χ4v) is 6.54. The Balaban J connectivity index is 1.45. The summed E-state index contributed by atoms with van der Waals surface area (Å²) in [6.45, 7) is 6.78. The summed E-state index contributed by atoms with van der Waals surface area (Å²) < 4.78 is 26.7. The van der Waals surface area contributed by atoms with Crippen LogP contribution in [0.1, 0.15) is 80.5 Å². The number of aliphatic carboxylic acids is 1. The zero-order valence-electron chi connectivity index (χ0n) is 22.7. The molecule has 3 aromatic carbocycles. The third-order valence-corrected chi connectivity index (χ3v) is 8.85. The number of aryl methyl sites for hydroxylation is 1. The summed E-state index contributed by atoms with van der Waals surface area (Å²) in [5.41, 5.74) is 6.09. The van der Waals surface area contributed by atoms with Gasteiger partial charge in [-0.2, -0.15) is 0 Å². The molecule has 5 heteroatoms. The van der Waals surface area contributed by atoms with E-state index in [1.165, 1.54) is 11.6 Å². The van der Waals surface area contributed by atoms with Crippen LogP contribution >= 0.6 is 0 Å². The molecular formula is C33H37FO4. The number of benzene rings is 3. The van der Waals surface area contributed by atoms with Crippen LogP contribution in [-0.2, 0) is 17.8 Å². The van der Waals surface area contributed by atoms with Crippen molar-refractivity contribution in [2.24, 2.45) is 11.3 Å². The molecule has 200 valence electrons. The van der Waals surface area contributed by atoms with Gasteiger partial charge in [-0.1, -0.05) is 51.5 Å². The largest absolute Gasteiger partial charge is 0.497 e. The zero-order chi connectivity index (χ0) is 27.0. The highest BCUT2D eigenvalue weighted by molar-refractivity contribution is 5.72. The van der Waals surface area contributed by atoms with Gasteiger partial charge in [-0.15, -0.1) is 0 Å². The fraction of sp³-hybridized carbons (Fsp3) is 0.424. The fourth-order valence-electron chi connectivity index (χ4n) is 6.54. The lowest BCUT2D eigenvalue weighted by molar-refractivity contribution is -0.141. The van der Waals surface area contributed by atoms with Gasteiger partial charge in [0.15, 0.2) is 0 Å². The Morgan fingerprint density at radius 2 is 1.82 bits per heavy atom. The van der Waals surface area contributed by atoms with Crippen molar-refractivity contribution in [1.82, 2.24) is 0 Å². The lowest BCUT2D eigenvalue weighted by atomic mass is 9.75. The number of carbonyl (C=O) groups is 1. The van der Waals surface area contributed by atoms with Crippen molar-refractivity contribution in [3.8, 4) is 22.6 Å². The topological polar surface area (TPSA) is 55.8 Å². The van der Waals surface area contributed by atoms with Crippen molar-refractivity contribution < 1.29 is 23.8 Å². The van der Waals surface area contributed by atoms with E-state index in [-0.39, 0.29) is 17.2 Å². The SMILES string of the molecule is COc1ccc(F)c(-c2ccc(COc3ccc4c(c3)[C@H]([C@H](C)C(=O)O)CC4)cc2[C@H]2CCCC2(C)C)c1. The highest BCUT2D eigenvalue weighted by Crippen LogP contribution is 2.51. The molecule has 1 N–H and O–H groups in total. The third-order valence-electron chi connectivity index (χ3n) is 8.85. The summed E-state index contributed by atoms with van der Waals surface area (Å²) in [5.74, 6) is 0.282. The Hall–Kier alpha value is -3.34. The predicted octanol–water partition coefficient (Wildman–Crippen LogP) is 8.12. The van der Waals surface area contributed by atoms with E-state index in [1.54, 1.807) is 26.2 Å². The molecule has 0 aliphatic heterocycles. The molecular weight excluding hydrogens is 479 g/mol. The predicted molar refractivity (Wildman–Crippen MR) is 147 cm³/mol. The van der Waals surface area contributed by atoms with Crippen LogP contribution in [0.3, 0.4) is 0 Å². The lowest BCUT2D eigenvalue weighted by Gasteiger charge is -2.30. The molecule has 0 spiro atoms. The van der Waals surface area contributed by atoms with Gasteiger partial charge in [0.2, 0.25) is 0 Å². The number of rotatable bonds is 8. The van der Waals surface area contributed by atoms with Crippen molar-refractivity contribution in [2.75, 3.05) is 7.11 Å². The Bertz CT molecular complexity index is 1340. The maximum atomic E-state index is 15.1. The van der Waals surface area contributed by atoms with E-state index in [0.717, 1.165) is 60.1 Å². The standard InChI is InChI=1S/C33H37FO4/c1-20(32(35)36)25-13-9-22-8-10-24(18-27(22)25)38-19-21-7-12-26(29-17-23(37-4)11-14-31(29)34)28(16-21)30-6-5-15-33(30,2)3/h7-8,10-12,14,16-18,20,25,30H,5-6,9,13,15,19H2,1-4H3,(H,35,36)/t20-,25-,30+/m0/s1. The van der Waals surface area contributed by atoms with Crippen LogP contribution in [-0.4, -0.2) is 18.2 Å². The Kier molecular flexibility index (Phi) is 7.21. The first kappa shape index (κ1) is 26.3. The molecule has 0 amide bonds. The molecule has 0 aromatic heterocycles. The zero-order valence-corrected chi connectivity index (χ0v) is 22.7. The first-order valence-electron chi connectivity index (χ1n) is 13.6. The molecule has 1 saturated carbocycles. The second kappa shape index (κ2) is 10.4. The van der Waals surface area contributed by atoms with Crippen LogP contribution < -0.4 is 9.47 Å². The minimum absolute atomic E-state index is 0.0132. The maximum Gasteiger partial charge on any atom is 0.306 e. The van der Waals surface area contributed by atoms with Gasteiger partial charge in [0, 0.05) is 5.56 Å². The summed E-state index contributed by atoms with van der Waals surface area (Å²) in [5, 5.41) is 9.53. The van der Waals surface area contributed by atoms with E-state index in [9.17, 15) is 9.90 Å². The van der Waals surface area contributed by atoms with Gasteiger partial charge in [-0.3, -0.25) is 4.79 Å². The number of halogens is 1. The van der Waals surface area contributed by atoms with Gasteiger partial charge in [0.05, 0.1) is 13.0 Å². The molecule has 3 atom stereocenters. The first-order valence-corrected chi connectivity index (χ1v) is 13.6. The van der Waals surface area contributed by atoms with Crippen LogP contribution in [0.5, 0.6) is 11.5 Å². The molecule has 3 aromatic rings. The minimum atomic E-state index is -0.760. The van der Waals surface area contributed by atoms with Crippen molar-refractivity contribution >= 4 is 5.97 Å². The number of carboxylic acids is 1. The highest BCUT2D eigenvalue weighted by atomic mass is 19.1. The summed E-state index contributed by atoms with van der Waals surface area (Å²) in [4.78, 5) is 11.6. The van der Waals surface area contributed by atoms with Gasteiger partial charge in [0.25, 0.3) is 0 Å². The molecule has 0 radical (unpaired) electrons. The Morgan fingerprint density at radius 1 is 1.03 bits per heavy atom. The number of hydrogen-bond acceptors (Lipinski definition) is 3. The number of ether oxygens (including phenoxy) is 2. The molecule has 38 heavy (non-hydrogen) atoms. The number of hydrogen-bond donors (Lipinski definition) is 1. The van der Waals surface area contributed by atoms with E-state index in [1.807, 2.05) is 24.3 Å². The minimum Gasteiger partial charge on any atom is -0.497 e. The molecule has 0 heterocycles. The summed E-state index contributed by atoms with van der Waals surface area (Å²) in [7, 11) is 1.60. The Morgan fingerprint density at radius 3 is 2.53 bits per heavy atom. The molecule has 5 rings (SSSR count).